The fourth-order valence-electron chi connectivity index (χ4n) is 0.943. The van der Waals surface area contributed by atoms with Gasteiger partial charge in [0.05, 0.1) is 9.79 Å². The Hall–Kier alpha value is 0.180. The summed E-state index contributed by atoms with van der Waals surface area (Å²) < 4.78 is 39.2. The van der Waals surface area contributed by atoms with Crippen LogP contribution in [0.1, 0.15) is 5.56 Å². The first-order chi connectivity index (χ1) is 6.56. The molecule has 0 heterocycles. The Balaban J connectivity index is 0.00000196. The van der Waals surface area contributed by atoms with Crippen LogP contribution in [0.3, 0.4) is 0 Å². The van der Waals surface area contributed by atoms with E-state index in [2.05, 4.69) is 6.58 Å². The average molecular weight is 256 g/mol. The SMILES string of the molecule is C=Cc1ccc(S(=O)O)cc1S(=O)O.[NaH]. The van der Waals surface area contributed by atoms with Crippen molar-refractivity contribution in [3.63, 3.8) is 0 Å². The molecule has 0 aliphatic rings. The van der Waals surface area contributed by atoms with Crippen molar-refractivity contribution in [2.24, 2.45) is 0 Å². The molecule has 2 atom stereocenters. The van der Waals surface area contributed by atoms with Crippen molar-refractivity contribution < 1.29 is 17.5 Å². The molecule has 0 saturated carbocycles. The Morgan fingerprint density at radius 1 is 1.20 bits per heavy atom. The summed E-state index contributed by atoms with van der Waals surface area (Å²) in [5.74, 6) is 0. The van der Waals surface area contributed by atoms with Crippen molar-refractivity contribution in [2.75, 3.05) is 0 Å². The van der Waals surface area contributed by atoms with Crippen LogP contribution in [-0.2, 0) is 22.2 Å². The number of rotatable bonds is 3. The van der Waals surface area contributed by atoms with Crippen LogP contribution in [0.2, 0.25) is 0 Å². The van der Waals surface area contributed by atoms with Gasteiger partial charge in [-0.15, -0.1) is 0 Å². The van der Waals surface area contributed by atoms with Crippen molar-refractivity contribution in [2.45, 2.75) is 9.79 Å². The van der Waals surface area contributed by atoms with Crippen molar-refractivity contribution in [3.05, 3.63) is 30.3 Å². The van der Waals surface area contributed by atoms with E-state index in [9.17, 15) is 8.42 Å². The van der Waals surface area contributed by atoms with Gasteiger partial charge in [0.25, 0.3) is 0 Å². The summed E-state index contributed by atoms with van der Waals surface area (Å²) in [5.41, 5.74) is 0.472. The fourth-order valence-corrected chi connectivity index (χ4v) is 2.00. The number of hydrogen-bond acceptors (Lipinski definition) is 2. The van der Waals surface area contributed by atoms with Gasteiger partial charge in [0.2, 0.25) is 0 Å². The van der Waals surface area contributed by atoms with Crippen LogP contribution in [0.25, 0.3) is 6.08 Å². The second-order valence-electron chi connectivity index (χ2n) is 2.40. The van der Waals surface area contributed by atoms with Crippen molar-refractivity contribution in [1.82, 2.24) is 0 Å². The first kappa shape index (κ1) is 15.2. The zero-order valence-corrected chi connectivity index (χ0v) is 8.68. The molecule has 0 aliphatic heterocycles. The van der Waals surface area contributed by atoms with E-state index < -0.39 is 22.2 Å². The third-order valence-corrected chi connectivity index (χ3v) is 2.98. The van der Waals surface area contributed by atoms with Crippen LogP contribution in [-0.4, -0.2) is 47.1 Å². The standard InChI is InChI=1S/C8H8O4S2.Na.H/c1-2-6-3-4-7(13(9)10)5-8(6)14(11)12;;/h2-5H,1H2,(H,9,10)(H,11,12);;. The fraction of sp³-hybridized carbons (Fsp3) is 0. The molecule has 0 fully saturated rings. The van der Waals surface area contributed by atoms with E-state index in [0.717, 1.165) is 0 Å². The maximum absolute atomic E-state index is 10.8. The van der Waals surface area contributed by atoms with Gasteiger partial charge >= 0.3 is 29.6 Å². The summed E-state index contributed by atoms with van der Waals surface area (Å²) in [6, 6.07) is 4.09. The molecule has 1 rings (SSSR count). The van der Waals surface area contributed by atoms with Crippen LogP contribution < -0.4 is 0 Å². The Morgan fingerprint density at radius 3 is 2.20 bits per heavy atom. The van der Waals surface area contributed by atoms with Crippen LogP contribution in [0.5, 0.6) is 0 Å². The van der Waals surface area contributed by atoms with Gasteiger partial charge in [-0.05, 0) is 17.7 Å². The van der Waals surface area contributed by atoms with E-state index in [-0.39, 0.29) is 39.3 Å². The van der Waals surface area contributed by atoms with Gasteiger partial charge in [-0.3, -0.25) is 0 Å². The second-order valence-corrected chi connectivity index (χ2v) is 4.31. The molecular weight excluding hydrogens is 247 g/mol. The van der Waals surface area contributed by atoms with Crippen molar-refractivity contribution in [3.8, 4) is 0 Å². The van der Waals surface area contributed by atoms with E-state index >= 15 is 0 Å². The third kappa shape index (κ3) is 3.92. The molecule has 4 nitrogen and oxygen atoms in total. The Morgan fingerprint density at radius 2 is 1.80 bits per heavy atom. The summed E-state index contributed by atoms with van der Waals surface area (Å²) in [6.45, 7) is 3.46. The Bertz CT molecular complexity index is 419. The quantitative estimate of drug-likeness (QED) is 0.621. The predicted octanol–water partition coefficient (Wildman–Crippen LogP) is 0.842. The molecule has 0 saturated heterocycles. The topological polar surface area (TPSA) is 74.6 Å². The molecule has 2 unspecified atom stereocenters. The molecule has 1 aromatic rings. The molecule has 0 radical (unpaired) electrons. The third-order valence-electron chi connectivity index (χ3n) is 1.59. The molecule has 0 amide bonds. The summed E-state index contributed by atoms with van der Waals surface area (Å²) >= 11 is -4.33. The number of hydrogen-bond donors (Lipinski definition) is 2. The van der Waals surface area contributed by atoms with Crippen molar-refractivity contribution in [1.29, 1.82) is 0 Å². The van der Waals surface area contributed by atoms with Gasteiger partial charge in [0.15, 0.2) is 22.2 Å². The Labute approximate surface area is 115 Å². The summed E-state index contributed by atoms with van der Waals surface area (Å²) in [6.07, 6.45) is 1.41. The molecule has 0 bridgehead atoms. The molecule has 7 heteroatoms. The molecular formula is C8H9NaO4S2. The van der Waals surface area contributed by atoms with Crippen LogP contribution in [0.15, 0.2) is 34.6 Å². The van der Waals surface area contributed by atoms with E-state index in [1.807, 2.05) is 0 Å². The summed E-state index contributed by atoms with van der Waals surface area (Å²) in [4.78, 5) is 0.174. The first-order valence-electron chi connectivity index (χ1n) is 3.54. The Kier molecular flexibility index (Phi) is 6.78. The van der Waals surface area contributed by atoms with Gasteiger partial charge in [0.1, 0.15) is 0 Å². The van der Waals surface area contributed by atoms with Gasteiger partial charge in [-0.2, -0.15) is 0 Å². The van der Waals surface area contributed by atoms with Crippen LogP contribution in [0.4, 0.5) is 0 Å². The molecule has 78 valence electrons. The van der Waals surface area contributed by atoms with E-state index in [0.29, 0.717) is 5.56 Å². The average Bonchev–Trinajstić information content (AvgIpc) is 2.16. The van der Waals surface area contributed by atoms with Crippen LogP contribution in [0, 0.1) is 0 Å². The van der Waals surface area contributed by atoms with E-state index in [1.165, 1.54) is 24.3 Å². The zero-order chi connectivity index (χ0) is 10.7. The summed E-state index contributed by atoms with van der Waals surface area (Å²) in [5, 5.41) is 0. The minimum absolute atomic E-state index is 0. The van der Waals surface area contributed by atoms with Crippen LogP contribution >= 0.6 is 0 Å². The molecule has 0 spiro atoms. The predicted molar refractivity (Wildman–Crippen MR) is 61.8 cm³/mol. The minimum atomic E-state index is -2.18. The van der Waals surface area contributed by atoms with E-state index in [1.54, 1.807) is 0 Å². The van der Waals surface area contributed by atoms with E-state index in [4.69, 9.17) is 9.11 Å². The monoisotopic (exact) mass is 256 g/mol. The van der Waals surface area contributed by atoms with Crippen molar-refractivity contribution >= 4 is 57.8 Å². The molecule has 1 aromatic carbocycles. The molecule has 0 aromatic heterocycles. The molecule has 2 N–H and O–H groups in total. The van der Waals surface area contributed by atoms with Gasteiger partial charge in [-0.25, -0.2) is 8.42 Å². The number of benzene rings is 1. The maximum atomic E-state index is 10.8. The normalized spacial score (nSPS) is 13.7. The van der Waals surface area contributed by atoms with Gasteiger partial charge < -0.3 is 9.11 Å². The van der Waals surface area contributed by atoms with Gasteiger partial charge in [0, 0.05) is 0 Å². The van der Waals surface area contributed by atoms with Gasteiger partial charge in [-0.1, -0.05) is 18.7 Å². The molecule has 15 heavy (non-hydrogen) atoms. The zero-order valence-electron chi connectivity index (χ0n) is 7.04. The summed E-state index contributed by atoms with van der Waals surface area (Å²) in [7, 11) is 0. The second kappa shape index (κ2) is 6.70. The molecule has 0 aliphatic carbocycles. The first-order valence-corrected chi connectivity index (χ1v) is 5.76.